The number of likely N-dealkylation sites (tertiary alicyclic amines) is 1. The third kappa shape index (κ3) is 7.21. The summed E-state index contributed by atoms with van der Waals surface area (Å²) < 4.78 is 5.63. The highest BCUT2D eigenvalue weighted by Crippen LogP contribution is 2.30. The summed E-state index contributed by atoms with van der Waals surface area (Å²) in [5, 5.41) is 6.19. The van der Waals surface area contributed by atoms with Gasteiger partial charge in [-0.2, -0.15) is 0 Å². The number of benzene rings is 1. The molecule has 1 saturated heterocycles. The number of carbonyl (C=O) groups excluding carboxylic acids is 3. The minimum absolute atomic E-state index is 0.0324. The molecular weight excluding hydrogens is 418 g/mol. The number of hydrogen-bond acceptors (Lipinski definition) is 4. The van der Waals surface area contributed by atoms with E-state index in [4.69, 9.17) is 4.74 Å². The molecule has 2 N–H and O–H groups in total. The molecule has 0 radical (unpaired) electrons. The molecule has 1 aliphatic carbocycles. The van der Waals surface area contributed by atoms with Gasteiger partial charge in [0, 0.05) is 25.6 Å². The lowest BCUT2D eigenvalue weighted by molar-refractivity contribution is -0.139. The number of rotatable bonds is 10. The van der Waals surface area contributed by atoms with Gasteiger partial charge in [-0.15, -0.1) is 0 Å². The second-order valence-electron chi connectivity index (χ2n) is 9.31. The lowest BCUT2D eigenvalue weighted by Crippen LogP contribution is -2.61. The fraction of sp³-hybridized carbons (Fsp3) is 0.654. The zero-order valence-electron chi connectivity index (χ0n) is 19.9. The molecule has 0 aromatic heterocycles. The predicted octanol–water partition coefficient (Wildman–Crippen LogP) is 3.43. The molecule has 1 aromatic rings. The number of hydrogen-bond donors (Lipinski definition) is 2. The Kier molecular flexibility index (Phi) is 9.58. The molecule has 3 amide bonds. The normalized spacial score (nSPS) is 18.4. The van der Waals surface area contributed by atoms with Crippen molar-refractivity contribution in [3.8, 4) is 5.75 Å². The highest BCUT2D eigenvalue weighted by Gasteiger charge is 2.42. The van der Waals surface area contributed by atoms with Gasteiger partial charge in [0.1, 0.15) is 11.3 Å². The van der Waals surface area contributed by atoms with Crippen molar-refractivity contribution in [2.45, 2.75) is 76.7 Å². The van der Waals surface area contributed by atoms with E-state index in [9.17, 15) is 14.4 Å². The molecule has 7 heteroatoms. The quantitative estimate of drug-likeness (QED) is 0.527. The topological polar surface area (TPSA) is 87.7 Å². The number of para-hydroxylation sites is 1. The SMILES string of the molecule is CCCCNC(=O)C1(NC(=O)C2CCN(C(=O)CCOc3ccccc3)CC2)CCCCC1. The maximum Gasteiger partial charge on any atom is 0.245 e. The fourth-order valence-electron chi connectivity index (χ4n) is 4.77. The van der Waals surface area contributed by atoms with Crippen LogP contribution >= 0.6 is 0 Å². The Morgan fingerprint density at radius 2 is 1.76 bits per heavy atom. The number of ether oxygens (including phenoxy) is 1. The smallest absolute Gasteiger partial charge is 0.245 e. The van der Waals surface area contributed by atoms with E-state index in [0.717, 1.165) is 37.9 Å². The van der Waals surface area contributed by atoms with E-state index in [1.165, 1.54) is 0 Å². The molecule has 2 aliphatic rings. The zero-order chi connectivity index (χ0) is 23.5. The van der Waals surface area contributed by atoms with Crippen molar-refractivity contribution in [2.24, 2.45) is 5.92 Å². The lowest BCUT2D eigenvalue weighted by Gasteiger charge is -2.39. The summed E-state index contributed by atoms with van der Waals surface area (Å²) >= 11 is 0. The molecule has 1 aliphatic heterocycles. The van der Waals surface area contributed by atoms with Gasteiger partial charge in [0.05, 0.1) is 13.0 Å². The van der Waals surface area contributed by atoms with E-state index in [1.54, 1.807) is 0 Å². The maximum atomic E-state index is 13.1. The molecule has 1 aromatic carbocycles. The van der Waals surface area contributed by atoms with Crippen LogP contribution < -0.4 is 15.4 Å². The third-order valence-corrected chi connectivity index (χ3v) is 6.87. The molecule has 0 unspecified atom stereocenters. The Morgan fingerprint density at radius 1 is 1.06 bits per heavy atom. The second-order valence-corrected chi connectivity index (χ2v) is 9.31. The Hall–Kier alpha value is -2.57. The average Bonchev–Trinajstić information content (AvgIpc) is 2.85. The molecule has 3 rings (SSSR count). The van der Waals surface area contributed by atoms with Crippen LogP contribution in [0.2, 0.25) is 0 Å². The first kappa shape index (κ1) is 25.1. The monoisotopic (exact) mass is 457 g/mol. The van der Waals surface area contributed by atoms with E-state index in [1.807, 2.05) is 35.2 Å². The molecule has 7 nitrogen and oxygen atoms in total. The number of piperidine rings is 1. The van der Waals surface area contributed by atoms with Crippen molar-refractivity contribution in [2.75, 3.05) is 26.2 Å². The average molecular weight is 458 g/mol. The molecule has 0 spiro atoms. The largest absolute Gasteiger partial charge is 0.493 e. The van der Waals surface area contributed by atoms with Crippen LogP contribution in [0, 0.1) is 5.92 Å². The van der Waals surface area contributed by atoms with Crippen molar-refractivity contribution in [3.05, 3.63) is 30.3 Å². The maximum absolute atomic E-state index is 13.1. The van der Waals surface area contributed by atoms with Crippen molar-refractivity contribution >= 4 is 17.7 Å². The van der Waals surface area contributed by atoms with Gasteiger partial charge in [0.2, 0.25) is 17.7 Å². The van der Waals surface area contributed by atoms with Gasteiger partial charge in [0.15, 0.2) is 0 Å². The van der Waals surface area contributed by atoms with Crippen LogP contribution in [-0.2, 0) is 14.4 Å². The van der Waals surface area contributed by atoms with Crippen LogP contribution in [-0.4, -0.2) is 54.4 Å². The fourth-order valence-corrected chi connectivity index (χ4v) is 4.77. The van der Waals surface area contributed by atoms with Gasteiger partial charge < -0.3 is 20.3 Å². The second kappa shape index (κ2) is 12.6. The van der Waals surface area contributed by atoms with Crippen molar-refractivity contribution in [3.63, 3.8) is 0 Å². The number of carbonyl (C=O) groups is 3. The van der Waals surface area contributed by atoms with Gasteiger partial charge in [-0.25, -0.2) is 0 Å². The van der Waals surface area contributed by atoms with E-state index in [0.29, 0.717) is 58.3 Å². The summed E-state index contributed by atoms with van der Waals surface area (Å²) in [6, 6.07) is 9.47. The minimum atomic E-state index is -0.773. The summed E-state index contributed by atoms with van der Waals surface area (Å²) in [6.45, 7) is 4.23. The molecular formula is C26H39N3O4. The van der Waals surface area contributed by atoms with Crippen LogP contribution in [0.5, 0.6) is 5.75 Å². The molecule has 182 valence electrons. The van der Waals surface area contributed by atoms with Crippen molar-refractivity contribution in [1.82, 2.24) is 15.5 Å². The van der Waals surface area contributed by atoms with Gasteiger partial charge >= 0.3 is 0 Å². The Morgan fingerprint density at radius 3 is 2.42 bits per heavy atom. The molecule has 2 fully saturated rings. The number of nitrogens with one attached hydrogen (secondary N) is 2. The van der Waals surface area contributed by atoms with Crippen molar-refractivity contribution in [1.29, 1.82) is 0 Å². The minimum Gasteiger partial charge on any atom is -0.493 e. The number of amides is 3. The highest BCUT2D eigenvalue weighted by atomic mass is 16.5. The van der Waals surface area contributed by atoms with Gasteiger partial charge in [-0.1, -0.05) is 50.8 Å². The van der Waals surface area contributed by atoms with Crippen LogP contribution in [0.3, 0.4) is 0 Å². The summed E-state index contributed by atoms with van der Waals surface area (Å²) in [5.41, 5.74) is -0.773. The number of unbranched alkanes of at least 4 members (excludes halogenated alkanes) is 1. The summed E-state index contributed by atoms with van der Waals surface area (Å²) in [6.07, 6.45) is 7.98. The van der Waals surface area contributed by atoms with E-state index in [-0.39, 0.29) is 23.6 Å². The molecule has 1 heterocycles. The summed E-state index contributed by atoms with van der Waals surface area (Å²) in [7, 11) is 0. The predicted molar refractivity (Wildman–Crippen MR) is 128 cm³/mol. The standard InChI is InChI=1S/C26H39N3O4/c1-2-3-17-27-25(32)26(15-8-5-9-16-26)28-24(31)21-12-18-29(19-13-21)23(30)14-20-33-22-10-6-4-7-11-22/h4,6-7,10-11,21H,2-3,5,8-9,12-20H2,1H3,(H,27,32)(H,28,31). The Bertz CT molecular complexity index is 769. The molecule has 1 saturated carbocycles. The first-order chi connectivity index (χ1) is 16.0. The van der Waals surface area contributed by atoms with Crippen LogP contribution in [0.4, 0.5) is 0 Å². The van der Waals surface area contributed by atoms with E-state index in [2.05, 4.69) is 17.6 Å². The van der Waals surface area contributed by atoms with Gasteiger partial charge in [-0.05, 0) is 44.2 Å². The van der Waals surface area contributed by atoms with E-state index < -0.39 is 5.54 Å². The van der Waals surface area contributed by atoms with Crippen LogP contribution in [0.25, 0.3) is 0 Å². The zero-order valence-corrected chi connectivity index (χ0v) is 19.9. The first-order valence-corrected chi connectivity index (χ1v) is 12.6. The lowest BCUT2D eigenvalue weighted by atomic mass is 9.80. The van der Waals surface area contributed by atoms with Gasteiger partial charge in [-0.3, -0.25) is 14.4 Å². The molecule has 0 atom stereocenters. The Balaban J connectivity index is 1.45. The first-order valence-electron chi connectivity index (χ1n) is 12.6. The third-order valence-electron chi connectivity index (χ3n) is 6.87. The molecule has 33 heavy (non-hydrogen) atoms. The molecule has 0 bridgehead atoms. The van der Waals surface area contributed by atoms with Crippen LogP contribution in [0.15, 0.2) is 30.3 Å². The Labute approximate surface area is 197 Å². The van der Waals surface area contributed by atoms with Gasteiger partial charge in [0.25, 0.3) is 0 Å². The summed E-state index contributed by atoms with van der Waals surface area (Å²) in [5.74, 6) is 0.592. The van der Waals surface area contributed by atoms with Crippen molar-refractivity contribution < 1.29 is 19.1 Å². The summed E-state index contributed by atoms with van der Waals surface area (Å²) in [4.78, 5) is 40.4. The highest BCUT2D eigenvalue weighted by molar-refractivity contribution is 5.92. The van der Waals surface area contributed by atoms with Crippen LogP contribution in [0.1, 0.15) is 71.1 Å². The van der Waals surface area contributed by atoms with E-state index >= 15 is 0 Å². The number of nitrogens with zero attached hydrogens (tertiary/aromatic N) is 1.